The molecule has 1 aromatic carbocycles. The Morgan fingerprint density at radius 3 is 2.89 bits per heavy atom. The summed E-state index contributed by atoms with van der Waals surface area (Å²) < 4.78 is 4.78. The number of hydrogen-bond acceptors (Lipinski definition) is 4. The maximum Gasteiger partial charge on any atom is 0.319 e. The van der Waals surface area contributed by atoms with Gasteiger partial charge in [0.05, 0.1) is 13.7 Å². The first-order chi connectivity index (χ1) is 9.11. The van der Waals surface area contributed by atoms with Gasteiger partial charge < -0.3 is 4.74 Å². The lowest BCUT2D eigenvalue weighted by Gasteiger charge is -2.28. The van der Waals surface area contributed by atoms with Crippen LogP contribution in [0.4, 0.5) is 0 Å². The summed E-state index contributed by atoms with van der Waals surface area (Å²) in [4.78, 5) is 15.1. The molecule has 19 heavy (non-hydrogen) atoms. The summed E-state index contributed by atoms with van der Waals surface area (Å²) in [5.41, 5.74) is 1.42. The van der Waals surface area contributed by atoms with E-state index in [0.717, 1.165) is 12.3 Å². The van der Waals surface area contributed by atoms with Crippen LogP contribution in [0, 0.1) is 0 Å². The molecule has 1 aromatic rings. The molecule has 2 rings (SSSR count). The lowest BCUT2D eigenvalue weighted by atomic mass is 10.0. The Balaban J connectivity index is 2.05. The van der Waals surface area contributed by atoms with Crippen molar-refractivity contribution in [3.05, 3.63) is 29.8 Å². The molecule has 0 bridgehead atoms. The number of methoxy groups -OCH3 is 1. The molecule has 0 amide bonds. The van der Waals surface area contributed by atoms with Crippen molar-refractivity contribution in [1.29, 1.82) is 0 Å². The molecule has 0 radical (unpaired) electrons. The Hall–Kier alpha value is -1.00. The molecule has 0 aliphatic carbocycles. The number of rotatable bonds is 5. The number of thioether (sulfide) groups is 1. The van der Waals surface area contributed by atoms with Gasteiger partial charge in [0, 0.05) is 29.2 Å². The highest BCUT2D eigenvalue weighted by atomic mass is 32.2. The second-order valence-corrected chi connectivity index (χ2v) is 6.21. The van der Waals surface area contributed by atoms with Gasteiger partial charge in [-0.1, -0.05) is 18.2 Å². The average Bonchev–Trinajstić information content (AvgIpc) is 2.81. The number of carbonyl (C=O) groups excluding carboxylic acids is 1. The SMILES string of the molecule is COC(=O)CN(CC1CSc2ccccc21)C(C)C. The number of ether oxygens (including phenoxy) is 1. The van der Waals surface area contributed by atoms with Crippen molar-refractivity contribution in [2.75, 3.05) is 26.0 Å². The quantitative estimate of drug-likeness (QED) is 0.775. The minimum Gasteiger partial charge on any atom is -0.468 e. The van der Waals surface area contributed by atoms with E-state index in [1.807, 2.05) is 11.8 Å². The van der Waals surface area contributed by atoms with Gasteiger partial charge in [-0.3, -0.25) is 9.69 Å². The van der Waals surface area contributed by atoms with Gasteiger partial charge in [-0.15, -0.1) is 11.8 Å². The van der Waals surface area contributed by atoms with Gasteiger partial charge in [0.2, 0.25) is 0 Å². The van der Waals surface area contributed by atoms with Crippen molar-refractivity contribution < 1.29 is 9.53 Å². The van der Waals surface area contributed by atoms with E-state index in [1.54, 1.807) is 0 Å². The summed E-state index contributed by atoms with van der Waals surface area (Å²) in [7, 11) is 1.45. The fourth-order valence-electron chi connectivity index (χ4n) is 2.35. The van der Waals surface area contributed by atoms with E-state index in [-0.39, 0.29) is 5.97 Å². The van der Waals surface area contributed by atoms with Crippen LogP contribution < -0.4 is 0 Å². The first-order valence-electron chi connectivity index (χ1n) is 6.64. The maximum absolute atomic E-state index is 11.5. The summed E-state index contributed by atoms with van der Waals surface area (Å²) in [5.74, 6) is 1.45. The van der Waals surface area contributed by atoms with Crippen LogP contribution in [-0.4, -0.2) is 42.9 Å². The summed E-state index contributed by atoms with van der Waals surface area (Å²) in [6.45, 7) is 5.53. The van der Waals surface area contributed by atoms with Gasteiger partial charge in [0.15, 0.2) is 0 Å². The third-order valence-corrected chi connectivity index (χ3v) is 4.80. The number of benzene rings is 1. The molecule has 0 aromatic heterocycles. The Morgan fingerprint density at radius 1 is 1.47 bits per heavy atom. The van der Waals surface area contributed by atoms with Crippen LogP contribution >= 0.6 is 11.8 Å². The first kappa shape index (κ1) is 14.4. The molecule has 0 saturated heterocycles. The van der Waals surface area contributed by atoms with Crippen LogP contribution in [0.25, 0.3) is 0 Å². The molecular formula is C15H21NO2S. The molecule has 0 fully saturated rings. The first-order valence-corrected chi connectivity index (χ1v) is 7.63. The summed E-state index contributed by atoms with van der Waals surface area (Å²) in [6, 6.07) is 8.91. The number of esters is 1. The smallest absolute Gasteiger partial charge is 0.319 e. The third kappa shape index (κ3) is 3.51. The monoisotopic (exact) mass is 279 g/mol. The summed E-state index contributed by atoms with van der Waals surface area (Å²) in [5, 5.41) is 0. The van der Waals surface area contributed by atoms with E-state index in [4.69, 9.17) is 4.74 Å². The van der Waals surface area contributed by atoms with Crippen LogP contribution in [0.15, 0.2) is 29.2 Å². The third-order valence-electron chi connectivity index (χ3n) is 3.54. The van der Waals surface area contributed by atoms with Crippen LogP contribution in [0.2, 0.25) is 0 Å². The molecule has 1 unspecified atom stereocenters. The van der Waals surface area contributed by atoms with Gasteiger partial charge >= 0.3 is 5.97 Å². The van der Waals surface area contributed by atoms with Gasteiger partial charge in [-0.2, -0.15) is 0 Å². The lowest BCUT2D eigenvalue weighted by molar-refractivity contribution is -0.142. The molecule has 4 heteroatoms. The average molecular weight is 279 g/mol. The minimum atomic E-state index is -0.160. The van der Waals surface area contributed by atoms with E-state index in [0.29, 0.717) is 18.5 Å². The molecule has 0 saturated carbocycles. The van der Waals surface area contributed by atoms with Crippen molar-refractivity contribution in [3.8, 4) is 0 Å². The van der Waals surface area contributed by atoms with Gasteiger partial charge in [-0.05, 0) is 25.5 Å². The zero-order valence-corrected chi connectivity index (χ0v) is 12.6. The normalized spacial score (nSPS) is 17.8. The fourth-order valence-corrected chi connectivity index (χ4v) is 3.59. The number of hydrogen-bond donors (Lipinski definition) is 0. The van der Waals surface area contributed by atoms with E-state index in [1.165, 1.54) is 17.6 Å². The zero-order valence-electron chi connectivity index (χ0n) is 11.8. The van der Waals surface area contributed by atoms with Crippen LogP contribution in [0.1, 0.15) is 25.3 Å². The highest BCUT2D eigenvalue weighted by Gasteiger charge is 2.26. The molecule has 104 valence electrons. The van der Waals surface area contributed by atoms with Crippen molar-refractivity contribution in [2.24, 2.45) is 0 Å². The number of nitrogens with zero attached hydrogens (tertiary/aromatic N) is 1. The van der Waals surface area contributed by atoms with Crippen LogP contribution in [0.3, 0.4) is 0 Å². The molecule has 1 aliphatic heterocycles. The lowest BCUT2D eigenvalue weighted by Crippen LogP contribution is -2.39. The molecule has 1 aliphatic rings. The maximum atomic E-state index is 11.5. The van der Waals surface area contributed by atoms with Gasteiger partial charge in [0.1, 0.15) is 0 Å². The standard InChI is InChI=1S/C15H21NO2S/c1-11(2)16(9-15(17)18-3)8-12-10-19-14-7-5-4-6-13(12)14/h4-7,11-12H,8-10H2,1-3H3. The number of fused-ring (bicyclic) bond motifs is 1. The fraction of sp³-hybridized carbons (Fsp3) is 0.533. The molecule has 1 heterocycles. The molecule has 1 atom stereocenters. The Labute approximate surface area is 119 Å². The predicted octanol–water partition coefficient (Wildman–Crippen LogP) is 2.76. The Morgan fingerprint density at radius 2 is 2.21 bits per heavy atom. The van der Waals surface area contributed by atoms with Crippen LogP contribution in [0.5, 0.6) is 0 Å². The van der Waals surface area contributed by atoms with E-state index in [9.17, 15) is 4.79 Å². The molecule has 0 N–H and O–H groups in total. The van der Waals surface area contributed by atoms with E-state index >= 15 is 0 Å². The van der Waals surface area contributed by atoms with E-state index in [2.05, 4.69) is 43.0 Å². The molecular weight excluding hydrogens is 258 g/mol. The zero-order chi connectivity index (χ0) is 13.8. The van der Waals surface area contributed by atoms with Crippen molar-refractivity contribution in [1.82, 2.24) is 4.90 Å². The second-order valence-electron chi connectivity index (χ2n) is 5.15. The van der Waals surface area contributed by atoms with Gasteiger partial charge in [0.25, 0.3) is 0 Å². The molecule has 3 nitrogen and oxygen atoms in total. The molecule has 0 spiro atoms. The highest BCUT2D eigenvalue weighted by molar-refractivity contribution is 7.99. The predicted molar refractivity (Wildman–Crippen MR) is 78.6 cm³/mol. The van der Waals surface area contributed by atoms with E-state index < -0.39 is 0 Å². The largest absolute Gasteiger partial charge is 0.468 e. The van der Waals surface area contributed by atoms with Crippen molar-refractivity contribution in [2.45, 2.75) is 30.7 Å². The van der Waals surface area contributed by atoms with Gasteiger partial charge in [-0.25, -0.2) is 0 Å². The minimum absolute atomic E-state index is 0.160. The second kappa shape index (κ2) is 6.44. The summed E-state index contributed by atoms with van der Waals surface area (Å²) in [6.07, 6.45) is 0. The number of carbonyl (C=O) groups is 1. The Kier molecular flexibility index (Phi) is 4.88. The highest BCUT2D eigenvalue weighted by Crippen LogP contribution is 2.39. The summed E-state index contributed by atoms with van der Waals surface area (Å²) >= 11 is 1.91. The Bertz CT molecular complexity index is 448. The van der Waals surface area contributed by atoms with Crippen molar-refractivity contribution in [3.63, 3.8) is 0 Å². The van der Waals surface area contributed by atoms with Crippen molar-refractivity contribution >= 4 is 17.7 Å². The topological polar surface area (TPSA) is 29.5 Å². The van der Waals surface area contributed by atoms with Crippen LogP contribution in [-0.2, 0) is 9.53 Å².